The van der Waals surface area contributed by atoms with Gasteiger partial charge in [0.1, 0.15) is 16.2 Å². The number of nitrogens with zero attached hydrogens (tertiary/aromatic N) is 3. The third-order valence-corrected chi connectivity index (χ3v) is 3.82. The number of hydrogen-bond donors (Lipinski definition) is 0. The minimum atomic E-state index is -4.13. The number of hydrogen-bond acceptors (Lipinski definition) is 3. The van der Waals surface area contributed by atoms with Crippen molar-refractivity contribution in [3.63, 3.8) is 0 Å². The Kier molecular flexibility index (Phi) is 4.88. The largest absolute Gasteiger partial charge is 0.393 e. The van der Waals surface area contributed by atoms with Gasteiger partial charge in [-0.15, -0.1) is 0 Å². The number of alkyl halides is 3. The lowest BCUT2D eigenvalue weighted by Crippen LogP contribution is -2.42. The van der Waals surface area contributed by atoms with Crippen LogP contribution in [0.2, 0.25) is 0 Å². The molecular formula is C13H17BrF3N3. The van der Waals surface area contributed by atoms with E-state index in [0.29, 0.717) is 29.2 Å². The van der Waals surface area contributed by atoms with Crippen LogP contribution in [0.15, 0.2) is 10.7 Å². The van der Waals surface area contributed by atoms with Crippen molar-refractivity contribution in [2.24, 2.45) is 5.92 Å². The smallest absolute Gasteiger partial charge is 0.356 e. The van der Waals surface area contributed by atoms with Gasteiger partial charge in [-0.2, -0.15) is 13.2 Å². The molecule has 1 aromatic rings. The van der Waals surface area contributed by atoms with E-state index in [1.807, 2.05) is 6.92 Å². The second-order valence-corrected chi connectivity index (χ2v) is 5.85. The summed E-state index contributed by atoms with van der Waals surface area (Å²) in [6.45, 7) is 2.62. The zero-order chi connectivity index (χ0) is 14.8. The summed E-state index contributed by atoms with van der Waals surface area (Å²) < 4.78 is 39.1. The van der Waals surface area contributed by atoms with Crippen LogP contribution in [0.5, 0.6) is 0 Å². The molecule has 1 unspecified atom stereocenters. The van der Waals surface area contributed by atoms with Crippen molar-refractivity contribution in [2.45, 2.75) is 38.8 Å². The SMILES string of the molecule is CCCc1nc(Br)cc(N2CCCC(C(F)(F)F)C2)n1. The molecule has 1 aliphatic rings. The highest BCUT2D eigenvalue weighted by atomic mass is 79.9. The molecule has 0 spiro atoms. The third-order valence-electron chi connectivity index (χ3n) is 3.41. The van der Waals surface area contributed by atoms with Gasteiger partial charge >= 0.3 is 6.18 Å². The number of anilines is 1. The first-order chi connectivity index (χ1) is 9.40. The third kappa shape index (κ3) is 3.84. The van der Waals surface area contributed by atoms with Crippen molar-refractivity contribution in [3.8, 4) is 0 Å². The summed E-state index contributed by atoms with van der Waals surface area (Å²) in [7, 11) is 0. The predicted molar refractivity (Wildman–Crippen MR) is 74.7 cm³/mol. The number of rotatable bonds is 3. The first-order valence-corrected chi connectivity index (χ1v) is 7.54. The van der Waals surface area contributed by atoms with Crippen LogP contribution in [-0.2, 0) is 6.42 Å². The lowest BCUT2D eigenvalue weighted by molar-refractivity contribution is -0.176. The maximum atomic E-state index is 12.8. The average Bonchev–Trinajstić information content (AvgIpc) is 2.37. The van der Waals surface area contributed by atoms with Gasteiger partial charge in [-0.1, -0.05) is 6.92 Å². The number of piperidine rings is 1. The maximum absolute atomic E-state index is 12.8. The van der Waals surface area contributed by atoms with Gasteiger partial charge in [0, 0.05) is 25.6 Å². The molecule has 1 fully saturated rings. The molecular weight excluding hydrogens is 335 g/mol. The first kappa shape index (κ1) is 15.5. The van der Waals surface area contributed by atoms with Gasteiger partial charge in [0.2, 0.25) is 0 Å². The quantitative estimate of drug-likeness (QED) is 0.771. The molecule has 2 heterocycles. The molecule has 0 N–H and O–H groups in total. The molecule has 20 heavy (non-hydrogen) atoms. The topological polar surface area (TPSA) is 29.0 Å². The average molecular weight is 352 g/mol. The van der Waals surface area contributed by atoms with Crippen LogP contribution < -0.4 is 4.90 Å². The standard InChI is InChI=1S/C13H17BrF3N3/c1-2-4-11-18-10(14)7-12(19-11)20-6-3-5-9(8-20)13(15,16)17/h7,9H,2-6,8H2,1H3. The predicted octanol–water partition coefficient (Wildman–Crippen LogP) is 3.97. The van der Waals surface area contributed by atoms with Crippen LogP contribution in [0.3, 0.4) is 0 Å². The summed E-state index contributed by atoms with van der Waals surface area (Å²) in [5.74, 6) is -0.00472. The Morgan fingerprint density at radius 3 is 2.80 bits per heavy atom. The van der Waals surface area contributed by atoms with E-state index in [2.05, 4.69) is 25.9 Å². The molecule has 112 valence electrons. The highest BCUT2D eigenvalue weighted by molar-refractivity contribution is 9.10. The van der Waals surface area contributed by atoms with E-state index in [1.54, 1.807) is 11.0 Å². The Morgan fingerprint density at radius 1 is 1.40 bits per heavy atom. The molecule has 1 aromatic heterocycles. The lowest BCUT2D eigenvalue weighted by atomic mass is 9.97. The van der Waals surface area contributed by atoms with Crippen LogP contribution in [-0.4, -0.2) is 29.2 Å². The van der Waals surface area contributed by atoms with E-state index in [-0.39, 0.29) is 13.0 Å². The number of aryl methyl sites for hydroxylation is 1. The maximum Gasteiger partial charge on any atom is 0.393 e. The van der Waals surface area contributed by atoms with Gasteiger partial charge in [0.05, 0.1) is 5.92 Å². The Morgan fingerprint density at radius 2 is 2.15 bits per heavy atom. The molecule has 0 radical (unpaired) electrons. The molecule has 0 aliphatic carbocycles. The van der Waals surface area contributed by atoms with Gasteiger partial charge in [-0.25, -0.2) is 9.97 Å². The molecule has 7 heteroatoms. The second kappa shape index (κ2) is 6.28. The molecule has 0 bridgehead atoms. The van der Waals surface area contributed by atoms with E-state index < -0.39 is 12.1 Å². The molecule has 1 atom stereocenters. The zero-order valence-electron chi connectivity index (χ0n) is 11.3. The van der Waals surface area contributed by atoms with Crippen molar-refractivity contribution in [1.82, 2.24) is 9.97 Å². The van der Waals surface area contributed by atoms with Crippen LogP contribution in [0.1, 0.15) is 32.0 Å². The number of halogens is 4. The molecule has 3 nitrogen and oxygen atoms in total. The van der Waals surface area contributed by atoms with Gasteiger partial charge < -0.3 is 4.90 Å². The fraction of sp³-hybridized carbons (Fsp3) is 0.692. The van der Waals surface area contributed by atoms with E-state index in [9.17, 15) is 13.2 Å². The van der Waals surface area contributed by atoms with E-state index in [4.69, 9.17) is 0 Å². The molecule has 1 aliphatic heterocycles. The fourth-order valence-corrected chi connectivity index (χ4v) is 2.81. The number of aromatic nitrogens is 2. The Balaban J connectivity index is 2.18. The summed E-state index contributed by atoms with van der Waals surface area (Å²) in [4.78, 5) is 10.3. The van der Waals surface area contributed by atoms with Gasteiger partial charge in [0.15, 0.2) is 0 Å². The normalized spacial score (nSPS) is 20.2. The molecule has 0 aromatic carbocycles. The minimum Gasteiger partial charge on any atom is -0.356 e. The highest BCUT2D eigenvalue weighted by Gasteiger charge is 2.42. The molecule has 1 saturated heterocycles. The van der Waals surface area contributed by atoms with E-state index in [1.165, 1.54) is 0 Å². The van der Waals surface area contributed by atoms with Crippen LogP contribution in [0.25, 0.3) is 0 Å². The summed E-state index contributed by atoms with van der Waals surface area (Å²) in [5, 5.41) is 0. The van der Waals surface area contributed by atoms with Crippen molar-refractivity contribution < 1.29 is 13.2 Å². The van der Waals surface area contributed by atoms with Crippen molar-refractivity contribution in [1.29, 1.82) is 0 Å². The monoisotopic (exact) mass is 351 g/mol. The second-order valence-electron chi connectivity index (χ2n) is 5.04. The molecule has 0 amide bonds. The van der Waals surface area contributed by atoms with Crippen molar-refractivity contribution in [3.05, 3.63) is 16.5 Å². The molecule has 2 rings (SSSR count). The first-order valence-electron chi connectivity index (χ1n) is 6.75. The zero-order valence-corrected chi connectivity index (χ0v) is 12.8. The Labute approximate surface area is 124 Å². The lowest BCUT2D eigenvalue weighted by Gasteiger charge is -2.34. The van der Waals surface area contributed by atoms with Crippen LogP contribution in [0, 0.1) is 5.92 Å². The van der Waals surface area contributed by atoms with Gasteiger partial charge in [-0.3, -0.25) is 0 Å². The Bertz CT molecular complexity index is 465. The summed E-state index contributed by atoms with van der Waals surface area (Å²) in [6, 6.07) is 1.69. The summed E-state index contributed by atoms with van der Waals surface area (Å²) in [5.41, 5.74) is 0. The van der Waals surface area contributed by atoms with Crippen molar-refractivity contribution >= 4 is 21.7 Å². The molecule has 0 saturated carbocycles. The Hall–Kier alpha value is -0.850. The highest BCUT2D eigenvalue weighted by Crippen LogP contribution is 2.34. The van der Waals surface area contributed by atoms with E-state index in [0.717, 1.165) is 12.8 Å². The fourth-order valence-electron chi connectivity index (χ4n) is 2.40. The van der Waals surface area contributed by atoms with Gasteiger partial charge in [-0.05, 0) is 35.2 Å². The minimum absolute atomic E-state index is 0.0154. The summed E-state index contributed by atoms with van der Waals surface area (Å²) in [6.07, 6.45) is -1.76. The van der Waals surface area contributed by atoms with Crippen LogP contribution >= 0.6 is 15.9 Å². The van der Waals surface area contributed by atoms with E-state index >= 15 is 0 Å². The van der Waals surface area contributed by atoms with Crippen molar-refractivity contribution in [2.75, 3.05) is 18.0 Å². The summed E-state index contributed by atoms with van der Waals surface area (Å²) >= 11 is 3.30. The van der Waals surface area contributed by atoms with Crippen LogP contribution in [0.4, 0.5) is 19.0 Å². The van der Waals surface area contributed by atoms with Gasteiger partial charge in [0.25, 0.3) is 0 Å².